The van der Waals surface area contributed by atoms with E-state index in [-0.39, 0.29) is 11.7 Å². The standard InChI is InChI=1S/C19H17N3O4/c1-25-16-6-3-2-5-15(16)22-19(24)21-14-10-8-13(9-11-14)20-18(23)17-7-4-12-26-17/h2-12H,1H3,(H,20,23)(H2,21,22,24). The second-order valence-electron chi connectivity index (χ2n) is 5.29. The summed E-state index contributed by atoms with van der Waals surface area (Å²) in [5.74, 6) is 0.451. The molecule has 0 saturated carbocycles. The van der Waals surface area contributed by atoms with Crippen LogP contribution in [0.5, 0.6) is 5.75 Å². The summed E-state index contributed by atoms with van der Waals surface area (Å²) in [4.78, 5) is 24.0. The van der Waals surface area contributed by atoms with Gasteiger partial charge in [0.15, 0.2) is 5.76 Å². The van der Waals surface area contributed by atoms with Crippen molar-refractivity contribution < 1.29 is 18.7 Å². The number of ether oxygens (including phenoxy) is 1. The molecule has 0 spiro atoms. The smallest absolute Gasteiger partial charge is 0.323 e. The predicted octanol–water partition coefficient (Wildman–Crippen LogP) is 4.18. The Hall–Kier alpha value is -3.74. The molecule has 3 aromatic rings. The molecule has 0 aliphatic rings. The van der Waals surface area contributed by atoms with E-state index >= 15 is 0 Å². The number of rotatable bonds is 5. The highest BCUT2D eigenvalue weighted by Gasteiger charge is 2.09. The van der Waals surface area contributed by atoms with E-state index in [9.17, 15) is 9.59 Å². The van der Waals surface area contributed by atoms with Gasteiger partial charge in [0.1, 0.15) is 5.75 Å². The normalized spacial score (nSPS) is 10.0. The first-order valence-electron chi connectivity index (χ1n) is 7.81. The molecule has 7 nitrogen and oxygen atoms in total. The number of carbonyl (C=O) groups excluding carboxylic acids is 2. The van der Waals surface area contributed by atoms with Crippen LogP contribution in [0.4, 0.5) is 21.9 Å². The van der Waals surface area contributed by atoms with E-state index in [1.54, 1.807) is 54.6 Å². The van der Waals surface area contributed by atoms with Crippen LogP contribution >= 0.6 is 0 Å². The molecular weight excluding hydrogens is 334 g/mol. The summed E-state index contributed by atoms with van der Waals surface area (Å²) in [5.41, 5.74) is 1.73. The van der Waals surface area contributed by atoms with Crippen LogP contribution in [-0.4, -0.2) is 19.0 Å². The monoisotopic (exact) mass is 351 g/mol. The molecule has 0 fully saturated rings. The van der Waals surface area contributed by atoms with Crippen LogP contribution in [-0.2, 0) is 0 Å². The molecule has 1 heterocycles. The lowest BCUT2D eigenvalue weighted by molar-refractivity contribution is 0.0996. The summed E-state index contributed by atoms with van der Waals surface area (Å²) in [6.07, 6.45) is 1.43. The molecule has 132 valence electrons. The maximum atomic E-state index is 12.1. The summed E-state index contributed by atoms with van der Waals surface area (Å²) < 4.78 is 10.2. The number of hydrogen-bond acceptors (Lipinski definition) is 4. The van der Waals surface area contributed by atoms with Gasteiger partial charge >= 0.3 is 6.03 Å². The number of anilines is 3. The highest BCUT2D eigenvalue weighted by molar-refractivity contribution is 6.03. The first kappa shape index (κ1) is 17.1. The highest BCUT2D eigenvalue weighted by atomic mass is 16.5. The molecule has 0 atom stereocenters. The van der Waals surface area contributed by atoms with Crippen molar-refractivity contribution in [1.29, 1.82) is 0 Å². The highest BCUT2D eigenvalue weighted by Crippen LogP contribution is 2.23. The van der Waals surface area contributed by atoms with Crippen LogP contribution in [0.3, 0.4) is 0 Å². The first-order chi connectivity index (χ1) is 12.7. The zero-order valence-electron chi connectivity index (χ0n) is 14.0. The van der Waals surface area contributed by atoms with Gasteiger partial charge in [-0.1, -0.05) is 12.1 Å². The molecule has 3 N–H and O–H groups in total. The van der Waals surface area contributed by atoms with Crippen molar-refractivity contribution >= 4 is 29.0 Å². The largest absolute Gasteiger partial charge is 0.495 e. The molecule has 2 aromatic carbocycles. The van der Waals surface area contributed by atoms with Gasteiger partial charge in [-0.2, -0.15) is 0 Å². The van der Waals surface area contributed by atoms with Crippen molar-refractivity contribution in [1.82, 2.24) is 0 Å². The number of para-hydroxylation sites is 2. The van der Waals surface area contributed by atoms with E-state index in [1.807, 2.05) is 6.07 Å². The zero-order chi connectivity index (χ0) is 18.4. The number of methoxy groups -OCH3 is 1. The maximum absolute atomic E-state index is 12.1. The average molecular weight is 351 g/mol. The molecule has 26 heavy (non-hydrogen) atoms. The Balaban J connectivity index is 1.58. The minimum atomic E-state index is -0.401. The Kier molecular flexibility index (Phi) is 5.19. The lowest BCUT2D eigenvalue weighted by atomic mass is 10.2. The van der Waals surface area contributed by atoms with Crippen molar-refractivity contribution in [2.75, 3.05) is 23.1 Å². The number of nitrogens with one attached hydrogen (secondary N) is 3. The number of urea groups is 1. The van der Waals surface area contributed by atoms with Gasteiger partial charge in [-0.25, -0.2) is 4.79 Å². The van der Waals surface area contributed by atoms with E-state index < -0.39 is 6.03 Å². The van der Waals surface area contributed by atoms with E-state index in [0.717, 1.165) is 0 Å². The van der Waals surface area contributed by atoms with E-state index in [0.29, 0.717) is 22.8 Å². The third-order valence-electron chi connectivity index (χ3n) is 3.50. The van der Waals surface area contributed by atoms with Crippen molar-refractivity contribution in [3.8, 4) is 5.75 Å². The van der Waals surface area contributed by atoms with Crippen LogP contribution in [0.15, 0.2) is 71.3 Å². The number of amides is 3. The molecule has 0 unspecified atom stereocenters. The Morgan fingerprint density at radius 1 is 0.846 bits per heavy atom. The molecule has 0 saturated heterocycles. The van der Waals surface area contributed by atoms with Crippen molar-refractivity contribution in [3.63, 3.8) is 0 Å². The van der Waals surface area contributed by atoms with E-state index in [2.05, 4.69) is 16.0 Å². The Morgan fingerprint density at radius 2 is 1.54 bits per heavy atom. The van der Waals surface area contributed by atoms with E-state index in [1.165, 1.54) is 13.4 Å². The fourth-order valence-electron chi connectivity index (χ4n) is 2.27. The molecule has 0 radical (unpaired) electrons. The number of carbonyl (C=O) groups is 2. The number of hydrogen-bond donors (Lipinski definition) is 3. The summed E-state index contributed by atoms with van der Waals surface area (Å²) in [7, 11) is 1.54. The molecule has 0 aliphatic carbocycles. The Labute approximate surface area is 150 Å². The molecule has 7 heteroatoms. The molecule has 0 bridgehead atoms. The minimum Gasteiger partial charge on any atom is -0.495 e. The van der Waals surface area contributed by atoms with Crippen molar-refractivity contribution in [3.05, 3.63) is 72.7 Å². The van der Waals surface area contributed by atoms with Gasteiger partial charge in [-0.05, 0) is 48.5 Å². The molecule has 1 aromatic heterocycles. The summed E-state index contributed by atoms with van der Waals surface area (Å²) >= 11 is 0. The van der Waals surface area contributed by atoms with Gasteiger partial charge in [0.2, 0.25) is 0 Å². The quantitative estimate of drug-likeness (QED) is 0.643. The Morgan fingerprint density at radius 3 is 2.19 bits per heavy atom. The van der Waals surface area contributed by atoms with E-state index in [4.69, 9.17) is 9.15 Å². The second kappa shape index (κ2) is 7.89. The lowest BCUT2D eigenvalue weighted by Gasteiger charge is -2.11. The van der Waals surface area contributed by atoms with Gasteiger partial charge < -0.3 is 25.1 Å². The van der Waals surface area contributed by atoms with Crippen molar-refractivity contribution in [2.24, 2.45) is 0 Å². The SMILES string of the molecule is COc1ccccc1NC(=O)Nc1ccc(NC(=O)c2ccco2)cc1. The molecule has 3 rings (SSSR count). The first-order valence-corrected chi connectivity index (χ1v) is 7.81. The summed E-state index contributed by atoms with van der Waals surface area (Å²) in [6.45, 7) is 0. The number of benzene rings is 2. The molecular formula is C19H17N3O4. The van der Waals surface area contributed by atoms with Gasteiger partial charge in [0, 0.05) is 11.4 Å². The second-order valence-corrected chi connectivity index (χ2v) is 5.29. The third-order valence-corrected chi connectivity index (χ3v) is 3.50. The number of furan rings is 1. The minimum absolute atomic E-state index is 0.225. The topological polar surface area (TPSA) is 92.6 Å². The fraction of sp³-hybridized carbons (Fsp3) is 0.0526. The van der Waals surface area contributed by atoms with Gasteiger partial charge in [-0.3, -0.25) is 4.79 Å². The Bertz CT molecular complexity index is 889. The van der Waals surface area contributed by atoms with Crippen molar-refractivity contribution in [2.45, 2.75) is 0 Å². The van der Waals surface area contributed by atoms with Crippen LogP contribution < -0.4 is 20.7 Å². The molecule has 3 amide bonds. The zero-order valence-corrected chi connectivity index (χ0v) is 14.0. The van der Waals surface area contributed by atoms with Crippen LogP contribution in [0, 0.1) is 0 Å². The molecule has 0 aliphatic heterocycles. The third kappa shape index (κ3) is 4.21. The van der Waals surface area contributed by atoms with Crippen LogP contribution in [0.1, 0.15) is 10.6 Å². The predicted molar refractivity (Wildman–Crippen MR) is 98.7 cm³/mol. The van der Waals surface area contributed by atoms with Crippen LogP contribution in [0.2, 0.25) is 0 Å². The lowest BCUT2D eigenvalue weighted by Crippen LogP contribution is -2.19. The van der Waals surface area contributed by atoms with Crippen LogP contribution in [0.25, 0.3) is 0 Å². The maximum Gasteiger partial charge on any atom is 0.323 e. The van der Waals surface area contributed by atoms with Gasteiger partial charge in [0.05, 0.1) is 19.1 Å². The van der Waals surface area contributed by atoms with Gasteiger partial charge in [0.25, 0.3) is 5.91 Å². The summed E-state index contributed by atoms with van der Waals surface area (Å²) in [6, 6.07) is 16.7. The average Bonchev–Trinajstić information content (AvgIpc) is 3.18. The van der Waals surface area contributed by atoms with Gasteiger partial charge in [-0.15, -0.1) is 0 Å². The summed E-state index contributed by atoms with van der Waals surface area (Å²) in [5, 5.41) is 8.13. The fourth-order valence-corrected chi connectivity index (χ4v) is 2.27.